The van der Waals surface area contributed by atoms with E-state index in [0.717, 1.165) is 17.8 Å². The third-order valence-corrected chi connectivity index (χ3v) is 9.92. The van der Waals surface area contributed by atoms with Crippen molar-refractivity contribution in [1.29, 1.82) is 0 Å². The normalized spacial score (nSPS) is 14.4. The molecule has 0 amide bonds. The van der Waals surface area contributed by atoms with Gasteiger partial charge >= 0.3 is 0 Å². The van der Waals surface area contributed by atoms with Crippen LogP contribution in [0.2, 0.25) is 0 Å². The monoisotopic (exact) mass is 640 g/mol. The van der Waals surface area contributed by atoms with Crippen LogP contribution in [-0.4, -0.2) is 10.6 Å². The van der Waals surface area contributed by atoms with Crippen molar-refractivity contribution in [2.45, 2.75) is 12.5 Å². The van der Waals surface area contributed by atoms with Crippen molar-refractivity contribution >= 4 is 44.3 Å². The van der Waals surface area contributed by atoms with Gasteiger partial charge in [0.05, 0.1) is 22.8 Å². The van der Waals surface area contributed by atoms with Crippen LogP contribution in [0.4, 0.5) is 11.4 Å². The molecule has 0 fully saturated rings. The average molecular weight is 641 g/mol. The molecule has 1 unspecified atom stereocenters. The van der Waals surface area contributed by atoms with Crippen LogP contribution in [0.5, 0.6) is 0 Å². The summed E-state index contributed by atoms with van der Waals surface area (Å²) in [6, 6.07) is 67.9. The molecule has 50 heavy (non-hydrogen) atoms. The van der Waals surface area contributed by atoms with E-state index >= 15 is 0 Å². The first-order valence-electron chi connectivity index (χ1n) is 17.4. The lowest BCUT2D eigenvalue weighted by molar-refractivity contribution is 0.800. The van der Waals surface area contributed by atoms with Gasteiger partial charge in [-0.3, -0.25) is 0 Å². The number of hydrogen-bond donors (Lipinski definition) is 0. The van der Waals surface area contributed by atoms with E-state index in [2.05, 4.69) is 210 Å². The van der Waals surface area contributed by atoms with E-state index in [1.807, 2.05) is 0 Å². The van der Waals surface area contributed by atoms with Crippen molar-refractivity contribution in [3.8, 4) is 16.8 Å². The van der Waals surface area contributed by atoms with E-state index in [1.165, 1.54) is 60.9 Å². The highest BCUT2D eigenvalue weighted by Crippen LogP contribution is 2.44. The van der Waals surface area contributed by atoms with E-state index in [4.69, 9.17) is 0 Å². The second kappa shape index (κ2) is 12.9. The van der Waals surface area contributed by atoms with Gasteiger partial charge in [0.15, 0.2) is 0 Å². The Morgan fingerprint density at radius 3 is 1.72 bits per heavy atom. The predicted octanol–water partition coefficient (Wildman–Crippen LogP) is 12.5. The molecule has 1 heterocycles. The molecule has 8 aromatic rings. The molecule has 0 aliphatic heterocycles. The van der Waals surface area contributed by atoms with Crippen LogP contribution < -0.4 is 4.90 Å². The zero-order chi connectivity index (χ0) is 33.3. The number of para-hydroxylation sites is 2. The van der Waals surface area contributed by atoms with Gasteiger partial charge in [0, 0.05) is 22.1 Å². The van der Waals surface area contributed by atoms with Crippen molar-refractivity contribution < 1.29 is 0 Å². The van der Waals surface area contributed by atoms with Crippen molar-refractivity contribution in [3.05, 3.63) is 211 Å². The smallest absolute Gasteiger partial charge is 0.0572 e. The largest absolute Gasteiger partial charge is 0.334 e. The summed E-state index contributed by atoms with van der Waals surface area (Å²) < 4.78 is 2.41. The number of benzene rings is 7. The van der Waals surface area contributed by atoms with Crippen molar-refractivity contribution in [2.75, 3.05) is 4.90 Å². The summed E-state index contributed by atoms with van der Waals surface area (Å²) in [5, 5.41) is 2.50. The lowest BCUT2D eigenvalue weighted by Gasteiger charge is -2.36. The van der Waals surface area contributed by atoms with Crippen LogP contribution in [-0.2, 0) is 0 Å². The fourth-order valence-electron chi connectivity index (χ4n) is 7.63. The quantitative estimate of drug-likeness (QED) is 0.168. The summed E-state index contributed by atoms with van der Waals surface area (Å²) in [6.07, 6.45) is 5.73. The van der Waals surface area contributed by atoms with Gasteiger partial charge in [0.2, 0.25) is 0 Å². The number of rotatable bonds is 7. The molecule has 9 rings (SSSR count). The molecular formula is C48H36N2. The summed E-state index contributed by atoms with van der Waals surface area (Å²) in [4.78, 5) is 2.58. The van der Waals surface area contributed by atoms with Crippen LogP contribution >= 0.6 is 0 Å². The maximum atomic E-state index is 2.58. The van der Waals surface area contributed by atoms with E-state index in [1.54, 1.807) is 0 Å². The number of fused-ring (bicyclic) bond motifs is 3. The molecule has 0 N–H and O–H groups in total. The molecule has 7 aromatic carbocycles. The van der Waals surface area contributed by atoms with Crippen LogP contribution in [0.15, 0.2) is 200 Å². The first-order valence-corrected chi connectivity index (χ1v) is 17.4. The first-order chi connectivity index (χ1) is 24.8. The Kier molecular flexibility index (Phi) is 7.68. The molecule has 1 aliphatic rings. The molecule has 2 nitrogen and oxygen atoms in total. The number of aromatic nitrogens is 1. The molecule has 0 saturated heterocycles. The molecule has 0 bridgehead atoms. The maximum absolute atomic E-state index is 2.58. The lowest BCUT2D eigenvalue weighted by atomic mass is 9.87. The van der Waals surface area contributed by atoms with Gasteiger partial charge in [0.25, 0.3) is 0 Å². The minimum absolute atomic E-state index is 0.0532. The van der Waals surface area contributed by atoms with E-state index in [-0.39, 0.29) is 6.04 Å². The van der Waals surface area contributed by atoms with E-state index < -0.39 is 0 Å². The Balaban J connectivity index is 1.29. The highest BCUT2D eigenvalue weighted by Gasteiger charge is 2.28. The van der Waals surface area contributed by atoms with Crippen LogP contribution in [0, 0.1) is 0 Å². The fourth-order valence-corrected chi connectivity index (χ4v) is 7.63. The summed E-state index contributed by atoms with van der Waals surface area (Å²) >= 11 is 0. The highest BCUT2D eigenvalue weighted by atomic mass is 15.2. The Bertz CT molecular complexity index is 2470. The highest BCUT2D eigenvalue weighted by molar-refractivity contribution is 6.16. The van der Waals surface area contributed by atoms with E-state index in [9.17, 15) is 0 Å². The minimum atomic E-state index is 0.0532. The van der Waals surface area contributed by atoms with Gasteiger partial charge < -0.3 is 9.47 Å². The van der Waals surface area contributed by atoms with Crippen LogP contribution in [0.1, 0.15) is 17.5 Å². The SMILES string of the molecule is C1=C(c2ccccc2)C=C(c2ccccc2)CC1N(c1ccc(-c2ccccc2)cc1)c1cccc2c1c1ccccc1n2-c1ccccc1. The topological polar surface area (TPSA) is 8.17 Å². The standard InChI is InChI=1S/C48H36N2/c1-5-16-35(17-6-1)38-28-30-42(31-29-38)49(43-33-39(36-18-7-2-8-19-36)32-40(34-43)37-20-9-3-10-21-37)46-26-15-27-47-48(46)44-24-13-14-25-45(44)50(47)41-22-11-4-12-23-41/h1-33,43H,34H2. The Hall–Kier alpha value is -6.38. The lowest BCUT2D eigenvalue weighted by Crippen LogP contribution is -2.31. The minimum Gasteiger partial charge on any atom is -0.334 e. The predicted molar refractivity (Wildman–Crippen MR) is 212 cm³/mol. The van der Waals surface area contributed by atoms with Crippen molar-refractivity contribution in [1.82, 2.24) is 4.57 Å². The Morgan fingerprint density at radius 2 is 1.02 bits per heavy atom. The maximum Gasteiger partial charge on any atom is 0.0572 e. The third kappa shape index (κ3) is 5.41. The average Bonchev–Trinajstić information content (AvgIpc) is 3.55. The van der Waals surface area contributed by atoms with Gasteiger partial charge in [-0.05, 0) is 82.3 Å². The molecular weight excluding hydrogens is 605 g/mol. The third-order valence-electron chi connectivity index (χ3n) is 9.92. The summed E-state index contributed by atoms with van der Waals surface area (Å²) in [5.41, 5.74) is 13.4. The molecule has 0 radical (unpaired) electrons. The summed E-state index contributed by atoms with van der Waals surface area (Å²) in [5.74, 6) is 0. The number of hydrogen-bond acceptors (Lipinski definition) is 1. The molecule has 1 atom stereocenters. The van der Waals surface area contributed by atoms with Gasteiger partial charge in [-0.25, -0.2) is 0 Å². The van der Waals surface area contributed by atoms with Crippen LogP contribution in [0.25, 0.3) is 49.8 Å². The van der Waals surface area contributed by atoms with Crippen molar-refractivity contribution in [3.63, 3.8) is 0 Å². The first kappa shape index (κ1) is 29.7. The van der Waals surface area contributed by atoms with Gasteiger partial charge in [-0.2, -0.15) is 0 Å². The molecule has 1 aliphatic carbocycles. The molecule has 0 spiro atoms. The van der Waals surface area contributed by atoms with Gasteiger partial charge in [-0.15, -0.1) is 0 Å². The summed E-state index contributed by atoms with van der Waals surface area (Å²) in [7, 11) is 0. The van der Waals surface area contributed by atoms with E-state index in [0.29, 0.717) is 0 Å². The second-order valence-corrected chi connectivity index (χ2v) is 12.9. The molecule has 2 heteroatoms. The van der Waals surface area contributed by atoms with Gasteiger partial charge in [0.1, 0.15) is 0 Å². The van der Waals surface area contributed by atoms with Gasteiger partial charge in [-0.1, -0.05) is 158 Å². The molecule has 1 aromatic heterocycles. The Labute approximate surface area is 293 Å². The molecule has 0 saturated carbocycles. The number of anilines is 2. The summed E-state index contributed by atoms with van der Waals surface area (Å²) in [6.45, 7) is 0. The number of allylic oxidation sites excluding steroid dienone is 2. The molecule has 238 valence electrons. The second-order valence-electron chi connectivity index (χ2n) is 12.9. The Morgan fingerprint density at radius 1 is 0.460 bits per heavy atom. The zero-order valence-corrected chi connectivity index (χ0v) is 27.7. The zero-order valence-electron chi connectivity index (χ0n) is 27.7. The fraction of sp³-hybridized carbons (Fsp3) is 0.0417. The van der Waals surface area contributed by atoms with Crippen LogP contribution in [0.3, 0.4) is 0 Å². The van der Waals surface area contributed by atoms with Crippen molar-refractivity contribution in [2.24, 2.45) is 0 Å². The number of nitrogens with zero attached hydrogens (tertiary/aromatic N) is 2.